The van der Waals surface area contributed by atoms with Crippen LogP contribution >= 0.6 is 0 Å². The summed E-state index contributed by atoms with van der Waals surface area (Å²) in [6.45, 7) is 4.22. The predicted octanol–water partition coefficient (Wildman–Crippen LogP) is 1.51. The molecule has 0 bridgehead atoms. The third-order valence-corrected chi connectivity index (χ3v) is 3.75. The molecule has 0 saturated carbocycles. The zero-order valence-corrected chi connectivity index (χ0v) is 11.2. The van der Waals surface area contributed by atoms with Crippen molar-refractivity contribution in [2.75, 3.05) is 13.1 Å². The van der Waals surface area contributed by atoms with E-state index >= 15 is 0 Å². The van der Waals surface area contributed by atoms with Crippen LogP contribution in [0, 0.1) is 12.8 Å². The fourth-order valence-electron chi connectivity index (χ4n) is 2.67. The first kappa shape index (κ1) is 12.3. The number of hydrogen-bond acceptors (Lipinski definition) is 4. The van der Waals surface area contributed by atoms with Crippen LogP contribution < -0.4 is 5.32 Å². The highest BCUT2D eigenvalue weighted by molar-refractivity contribution is 5.30. The summed E-state index contributed by atoms with van der Waals surface area (Å²) in [5.41, 5.74) is 1.08. The first-order valence-electron chi connectivity index (χ1n) is 6.85. The lowest BCUT2D eigenvalue weighted by atomic mass is 9.93. The van der Waals surface area contributed by atoms with Crippen LogP contribution in [0.1, 0.15) is 24.4 Å². The summed E-state index contributed by atoms with van der Waals surface area (Å²) in [4.78, 5) is 13.3. The Balaban J connectivity index is 1.87. The molecule has 0 amide bonds. The van der Waals surface area contributed by atoms with Crippen molar-refractivity contribution in [2.45, 2.75) is 26.2 Å². The minimum absolute atomic E-state index is 0.709. The predicted molar refractivity (Wildman–Crippen MR) is 73.2 cm³/mol. The van der Waals surface area contributed by atoms with E-state index in [0.29, 0.717) is 5.92 Å². The molecule has 0 spiro atoms. The number of aryl methyl sites for hydroxylation is 1. The van der Waals surface area contributed by atoms with Gasteiger partial charge in [0.1, 0.15) is 5.82 Å². The Labute approximate surface area is 113 Å². The fraction of sp³-hybridized carbons (Fsp3) is 0.500. The Morgan fingerprint density at radius 2 is 1.95 bits per heavy atom. The minimum Gasteiger partial charge on any atom is -0.317 e. The number of imidazole rings is 1. The van der Waals surface area contributed by atoms with E-state index in [9.17, 15) is 0 Å². The third-order valence-electron chi connectivity index (χ3n) is 3.75. The zero-order chi connectivity index (χ0) is 13.1. The molecule has 5 heteroatoms. The fourth-order valence-corrected chi connectivity index (χ4v) is 2.67. The van der Waals surface area contributed by atoms with Crippen molar-refractivity contribution in [1.29, 1.82) is 0 Å². The van der Waals surface area contributed by atoms with E-state index in [1.165, 1.54) is 12.8 Å². The molecule has 3 heterocycles. The topological polar surface area (TPSA) is 55.6 Å². The van der Waals surface area contributed by atoms with Gasteiger partial charge in [0.25, 0.3) is 0 Å². The summed E-state index contributed by atoms with van der Waals surface area (Å²) in [6.07, 6.45) is 10.7. The van der Waals surface area contributed by atoms with Crippen molar-refractivity contribution < 1.29 is 0 Å². The SMILES string of the molecule is Cc1nccn1-c1nccnc1CC1CCNCC1. The maximum atomic E-state index is 4.54. The number of rotatable bonds is 3. The van der Waals surface area contributed by atoms with Crippen molar-refractivity contribution in [2.24, 2.45) is 5.92 Å². The van der Waals surface area contributed by atoms with Crippen LogP contribution in [0.5, 0.6) is 0 Å². The standard InChI is InChI=1S/C14H19N5/c1-11-16-8-9-19(11)14-13(17-6-7-18-14)10-12-2-4-15-5-3-12/h6-9,12,15H,2-5,10H2,1H3. The molecule has 2 aromatic heterocycles. The number of hydrogen-bond donors (Lipinski definition) is 1. The molecule has 100 valence electrons. The quantitative estimate of drug-likeness (QED) is 0.905. The van der Waals surface area contributed by atoms with Crippen LogP contribution in [0.3, 0.4) is 0 Å². The van der Waals surface area contributed by atoms with Crippen molar-refractivity contribution in [3.63, 3.8) is 0 Å². The smallest absolute Gasteiger partial charge is 0.159 e. The van der Waals surface area contributed by atoms with E-state index in [4.69, 9.17) is 0 Å². The lowest BCUT2D eigenvalue weighted by Crippen LogP contribution is -2.29. The monoisotopic (exact) mass is 257 g/mol. The van der Waals surface area contributed by atoms with Gasteiger partial charge in [0.15, 0.2) is 5.82 Å². The second-order valence-corrected chi connectivity index (χ2v) is 5.07. The average molecular weight is 257 g/mol. The van der Waals surface area contributed by atoms with Gasteiger partial charge >= 0.3 is 0 Å². The Bertz CT molecular complexity index is 542. The largest absolute Gasteiger partial charge is 0.317 e. The van der Waals surface area contributed by atoms with Crippen molar-refractivity contribution in [3.05, 3.63) is 36.3 Å². The van der Waals surface area contributed by atoms with Gasteiger partial charge in [-0.15, -0.1) is 0 Å². The molecule has 0 atom stereocenters. The van der Waals surface area contributed by atoms with Crippen molar-refractivity contribution in [1.82, 2.24) is 24.8 Å². The summed E-state index contributed by atoms with van der Waals surface area (Å²) in [6, 6.07) is 0. The molecule has 2 aromatic rings. The number of aromatic nitrogens is 4. The maximum absolute atomic E-state index is 4.54. The van der Waals surface area contributed by atoms with E-state index in [-0.39, 0.29) is 0 Å². The summed E-state index contributed by atoms with van der Waals surface area (Å²) in [5.74, 6) is 2.59. The highest BCUT2D eigenvalue weighted by Gasteiger charge is 2.17. The highest BCUT2D eigenvalue weighted by atomic mass is 15.1. The molecule has 1 saturated heterocycles. The summed E-state index contributed by atoms with van der Waals surface area (Å²) in [5, 5.41) is 3.40. The Morgan fingerprint density at radius 1 is 1.16 bits per heavy atom. The van der Waals surface area contributed by atoms with Gasteiger partial charge in [-0.3, -0.25) is 9.55 Å². The molecular formula is C14H19N5. The van der Waals surface area contributed by atoms with E-state index in [2.05, 4.69) is 20.3 Å². The van der Waals surface area contributed by atoms with Crippen LogP contribution in [0.25, 0.3) is 5.82 Å². The molecule has 0 radical (unpaired) electrons. The van der Waals surface area contributed by atoms with Crippen LogP contribution in [0.15, 0.2) is 24.8 Å². The molecule has 19 heavy (non-hydrogen) atoms. The van der Waals surface area contributed by atoms with E-state index in [1.807, 2.05) is 17.7 Å². The Morgan fingerprint density at radius 3 is 2.68 bits per heavy atom. The normalized spacial score (nSPS) is 16.7. The molecule has 0 aromatic carbocycles. The summed E-state index contributed by atoms with van der Waals surface area (Å²) < 4.78 is 2.02. The lowest BCUT2D eigenvalue weighted by Gasteiger charge is -2.22. The summed E-state index contributed by atoms with van der Waals surface area (Å²) in [7, 11) is 0. The van der Waals surface area contributed by atoms with Gasteiger partial charge in [-0.2, -0.15) is 0 Å². The zero-order valence-electron chi connectivity index (χ0n) is 11.2. The van der Waals surface area contributed by atoms with Crippen molar-refractivity contribution >= 4 is 0 Å². The van der Waals surface area contributed by atoms with E-state index in [1.54, 1.807) is 18.6 Å². The Kier molecular flexibility index (Phi) is 3.55. The van der Waals surface area contributed by atoms with Gasteiger partial charge in [-0.05, 0) is 45.2 Å². The van der Waals surface area contributed by atoms with Gasteiger partial charge in [-0.25, -0.2) is 9.97 Å². The number of piperidine rings is 1. The maximum Gasteiger partial charge on any atom is 0.159 e. The molecule has 1 aliphatic heterocycles. The van der Waals surface area contributed by atoms with Crippen LogP contribution in [-0.2, 0) is 6.42 Å². The second kappa shape index (κ2) is 5.48. The van der Waals surface area contributed by atoms with Gasteiger partial charge in [0, 0.05) is 24.8 Å². The van der Waals surface area contributed by atoms with E-state index in [0.717, 1.165) is 36.8 Å². The minimum atomic E-state index is 0.709. The molecule has 1 aliphatic rings. The van der Waals surface area contributed by atoms with Gasteiger partial charge in [0.2, 0.25) is 0 Å². The molecule has 0 unspecified atom stereocenters. The molecular weight excluding hydrogens is 238 g/mol. The highest BCUT2D eigenvalue weighted by Crippen LogP contribution is 2.20. The van der Waals surface area contributed by atoms with Gasteiger partial charge in [-0.1, -0.05) is 0 Å². The second-order valence-electron chi connectivity index (χ2n) is 5.07. The Hall–Kier alpha value is -1.75. The lowest BCUT2D eigenvalue weighted by molar-refractivity contribution is 0.369. The van der Waals surface area contributed by atoms with Crippen LogP contribution in [-0.4, -0.2) is 32.6 Å². The first-order chi connectivity index (χ1) is 9.34. The first-order valence-corrected chi connectivity index (χ1v) is 6.85. The average Bonchev–Trinajstić information content (AvgIpc) is 2.87. The molecule has 5 nitrogen and oxygen atoms in total. The van der Waals surface area contributed by atoms with Crippen LogP contribution in [0.4, 0.5) is 0 Å². The van der Waals surface area contributed by atoms with Gasteiger partial charge in [0.05, 0.1) is 5.69 Å². The van der Waals surface area contributed by atoms with E-state index < -0.39 is 0 Å². The van der Waals surface area contributed by atoms with Crippen LogP contribution in [0.2, 0.25) is 0 Å². The van der Waals surface area contributed by atoms with Gasteiger partial charge < -0.3 is 5.32 Å². The third kappa shape index (κ3) is 2.66. The summed E-state index contributed by atoms with van der Waals surface area (Å²) >= 11 is 0. The number of nitrogens with one attached hydrogen (secondary N) is 1. The molecule has 1 fully saturated rings. The number of nitrogens with zero attached hydrogens (tertiary/aromatic N) is 4. The van der Waals surface area contributed by atoms with Crippen molar-refractivity contribution in [3.8, 4) is 5.82 Å². The molecule has 1 N–H and O–H groups in total. The molecule has 0 aliphatic carbocycles. The molecule has 3 rings (SSSR count).